The van der Waals surface area contributed by atoms with Crippen molar-refractivity contribution in [3.8, 4) is 0 Å². The highest BCUT2D eigenvalue weighted by Crippen LogP contribution is 2.08. The number of nitrogens with two attached hydrogens (primary N) is 1. The lowest BCUT2D eigenvalue weighted by atomic mass is 10.2. The molecule has 0 spiro atoms. The van der Waals surface area contributed by atoms with Crippen molar-refractivity contribution in [2.75, 3.05) is 39.3 Å². The molecule has 0 aliphatic carbocycles. The molecule has 6 heteroatoms. The first-order valence-corrected chi connectivity index (χ1v) is 9.36. The van der Waals surface area contributed by atoms with Crippen LogP contribution < -0.4 is 11.1 Å². The average molecular weight is 432 g/mol. The van der Waals surface area contributed by atoms with Gasteiger partial charge in [0.05, 0.1) is 6.54 Å². The summed E-state index contributed by atoms with van der Waals surface area (Å²) in [5, 5.41) is 3.22. The number of piperazine rings is 1. The first-order chi connectivity index (χ1) is 12.8. The molecule has 0 amide bonds. The van der Waals surface area contributed by atoms with Crippen molar-refractivity contribution in [3.05, 3.63) is 71.8 Å². The van der Waals surface area contributed by atoms with Gasteiger partial charge >= 0.3 is 0 Å². The fourth-order valence-electron chi connectivity index (χ4n) is 3.17. The van der Waals surface area contributed by atoms with Gasteiger partial charge in [0.2, 0.25) is 0 Å². The van der Waals surface area contributed by atoms with E-state index in [4.69, 9.17) is 5.73 Å². The van der Waals surface area contributed by atoms with E-state index in [1.807, 2.05) is 18.2 Å². The lowest BCUT2D eigenvalue weighted by Crippen LogP contribution is -2.48. The molecule has 1 fully saturated rings. The molecule has 146 valence electrons. The summed E-state index contributed by atoms with van der Waals surface area (Å²) in [5.41, 5.74) is 8.52. The van der Waals surface area contributed by atoms with Crippen LogP contribution in [0, 0.1) is 0 Å². The molecule has 1 heterocycles. The Labute approximate surface area is 173 Å². The zero-order valence-electron chi connectivity index (χ0n) is 15.8. The number of hydrogen-bond acceptors (Lipinski definition) is 3. The van der Waals surface area contributed by atoms with Crippen LogP contribution in [0.3, 0.4) is 0 Å². The summed E-state index contributed by atoms with van der Waals surface area (Å²) in [5.74, 6) is 0.525. The highest BCUT2D eigenvalue weighted by Gasteiger charge is 2.16. The van der Waals surface area contributed by atoms with E-state index < -0.39 is 0 Å². The van der Waals surface area contributed by atoms with Gasteiger partial charge in [-0.25, -0.2) is 4.99 Å². The maximum atomic E-state index is 5.96. The third kappa shape index (κ3) is 7.71. The fourth-order valence-corrected chi connectivity index (χ4v) is 3.17. The van der Waals surface area contributed by atoms with E-state index in [0.29, 0.717) is 12.5 Å². The smallest absolute Gasteiger partial charge is 0.188 e. The minimum atomic E-state index is 0. The summed E-state index contributed by atoms with van der Waals surface area (Å²) in [6.07, 6.45) is 0. The minimum Gasteiger partial charge on any atom is -0.370 e. The fraction of sp³-hybridized carbons (Fsp3) is 0.381. The molecule has 0 bridgehead atoms. The van der Waals surface area contributed by atoms with E-state index in [2.05, 4.69) is 62.6 Å². The maximum absolute atomic E-state index is 5.96. The highest BCUT2D eigenvalue weighted by molar-refractivity contribution is 8.93. The summed E-state index contributed by atoms with van der Waals surface area (Å²) in [7, 11) is 0. The Morgan fingerprint density at radius 1 is 0.852 bits per heavy atom. The van der Waals surface area contributed by atoms with Crippen LogP contribution in [0.25, 0.3) is 0 Å². The third-order valence-corrected chi connectivity index (χ3v) is 4.72. The average Bonchev–Trinajstić information content (AvgIpc) is 2.69. The molecular formula is C21H30BrN5. The zero-order chi connectivity index (χ0) is 18.0. The second-order valence-electron chi connectivity index (χ2n) is 6.72. The molecule has 0 saturated carbocycles. The predicted molar refractivity (Wildman–Crippen MR) is 118 cm³/mol. The van der Waals surface area contributed by atoms with Gasteiger partial charge in [-0.15, -0.1) is 17.0 Å². The second kappa shape index (κ2) is 11.7. The van der Waals surface area contributed by atoms with Crippen LogP contribution >= 0.6 is 17.0 Å². The van der Waals surface area contributed by atoms with Gasteiger partial charge in [-0.1, -0.05) is 60.7 Å². The van der Waals surface area contributed by atoms with Crippen LogP contribution in [-0.2, 0) is 13.1 Å². The molecule has 1 aliphatic rings. The van der Waals surface area contributed by atoms with Gasteiger partial charge in [-0.3, -0.25) is 9.80 Å². The number of guanidine groups is 1. The van der Waals surface area contributed by atoms with Crippen molar-refractivity contribution in [1.29, 1.82) is 0 Å². The van der Waals surface area contributed by atoms with Gasteiger partial charge in [0.15, 0.2) is 5.96 Å². The number of nitrogens with zero attached hydrogens (tertiary/aromatic N) is 3. The van der Waals surface area contributed by atoms with Crippen LogP contribution in [0.5, 0.6) is 0 Å². The third-order valence-electron chi connectivity index (χ3n) is 4.72. The Morgan fingerprint density at radius 2 is 1.41 bits per heavy atom. The van der Waals surface area contributed by atoms with Crippen molar-refractivity contribution in [3.63, 3.8) is 0 Å². The van der Waals surface area contributed by atoms with E-state index in [9.17, 15) is 0 Å². The van der Waals surface area contributed by atoms with Gasteiger partial charge in [0.25, 0.3) is 0 Å². The van der Waals surface area contributed by atoms with Crippen molar-refractivity contribution in [2.45, 2.75) is 13.1 Å². The number of benzene rings is 2. The Hall–Kier alpha value is -1.89. The van der Waals surface area contributed by atoms with Crippen LogP contribution in [0.1, 0.15) is 11.1 Å². The van der Waals surface area contributed by atoms with Gasteiger partial charge in [0, 0.05) is 45.8 Å². The number of halogens is 1. The van der Waals surface area contributed by atoms with E-state index in [-0.39, 0.29) is 17.0 Å². The largest absolute Gasteiger partial charge is 0.370 e. The molecule has 0 atom stereocenters. The maximum Gasteiger partial charge on any atom is 0.188 e. The SMILES string of the molecule is Br.NC(=NCc1ccccc1)NCCN1CCN(Cc2ccccc2)CC1. The van der Waals surface area contributed by atoms with E-state index in [0.717, 1.165) is 45.8 Å². The lowest BCUT2D eigenvalue weighted by Gasteiger charge is -2.34. The second-order valence-corrected chi connectivity index (χ2v) is 6.72. The summed E-state index contributed by atoms with van der Waals surface area (Å²) in [6.45, 7) is 7.96. The molecule has 2 aromatic rings. The van der Waals surface area contributed by atoms with Gasteiger partial charge in [0.1, 0.15) is 0 Å². The van der Waals surface area contributed by atoms with Crippen molar-refractivity contribution in [2.24, 2.45) is 10.7 Å². The molecule has 0 unspecified atom stereocenters. The molecule has 2 aromatic carbocycles. The Morgan fingerprint density at radius 3 is 2.04 bits per heavy atom. The summed E-state index contributed by atoms with van der Waals surface area (Å²) in [4.78, 5) is 9.40. The first-order valence-electron chi connectivity index (χ1n) is 9.36. The van der Waals surface area contributed by atoms with E-state index >= 15 is 0 Å². The predicted octanol–water partition coefficient (Wildman–Crippen LogP) is 2.49. The van der Waals surface area contributed by atoms with Gasteiger partial charge in [-0.2, -0.15) is 0 Å². The molecule has 1 aliphatic heterocycles. The van der Waals surface area contributed by atoms with Crippen molar-refractivity contribution < 1.29 is 0 Å². The number of rotatable bonds is 7. The summed E-state index contributed by atoms with van der Waals surface area (Å²) in [6, 6.07) is 20.9. The molecule has 3 rings (SSSR count). The molecule has 5 nitrogen and oxygen atoms in total. The standard InChI is InChI=1S/C21H29N5.BrH/c22-21(24-17-19-7-3-1-4-8-19)23-11-12-25-13-15-26(16-14-25)18-20-9-5-2-6-10-20;/h1-10H,11-18H2,(H3,22,23,24);1H. The topological polar surface area (TPSA) is 56.9 Å². The zero-order valence-corrected chi connectivity index (χ0v) is 17.5. The molecule has 3 N–H and O–H groups in total. The van der Waals surface area contributed by atoms with E-state index in [1.165, 1.54) is 11.1 Å². The number of nitrogens with one attached hydrogen (secondary N) is 1. The molecule has 1 saturated heterocycles. The lowest BCUT2D eigenvalue weighted by molar-refractivity contribution is 0.129. The number of hydrogen-bond donors (Lipinski definition) is 2. The monoisotopic (exact) mass is 431 g/mol. The van der Waals surface area contributed by atoms with Gasteiger partial charge in [-0.05, 0) is 11.1 Å². The van der Waals surface area contributed by atoms with Crippen LogP contribution in [0.4, 0.5) is 0 Å². The van der Waals surface area contributed by atoms with E-state index in [1.54, 1.807) is 0 Å². The Bertz CT molecular complexity index is 669. The van der Waals surface area contributed by atoms with Crippen LogP contribution in [0.15, 0.2) is 65.7 Å². The van der Waals surface area contributed by atoms with Crippen molar-refractivity contribution in [1.82, 2.24) is 15.1 Å². The normalized spacial score (nSPS) is 15.9. The quantitative estimate of drug-likeness (QED) is 0.522. The summed E-state index contributed by atoms with van der Waals surface area (Å²) >= 11 is 0. The molecule has 27 heavy (non-hydrogen) atoms. The van der Waals surface area contributed by atoms with Gasteiger partial charge < -0.3 is 11.1 Å². The summed E-state index contributed by atoms with van der Waals surface area (Å²) < 4.78 is 0. The van der Waals surface area contributed by atoms with Crippen LogP contribution in [-0.4, -0.2) is 55.0 Å². The Balaban J connectivity index is 0.00000261. The molecule has 0 radical (unpaired) electrons. The van der Waals surface area contributed by atoms with Crippen LogP contribution in [0.2, 0.25) is 0 Å². The molecule has 0 aromatic heterocycles. The number of aliphatic imine (C=N–C) groups is 1. The Kier molecular flexibility index (Phi) is 9.31. The highest BCUT2D eigenvalue weighted by atomic mass is 79.9. The first kappa shape index (κ1) is 21.4. The minimum absolute atomic E-state index is 0. The van der Waals surface area contributed by atoms with Crippen molar-refractivity contribution >= 4 is 22.9 Å². The molecular weight excluding hydrogens is 402 g/mol.